The molecule has 26 heavy (non-hydrogen) atoms. The highest BCUT2D eigenvalue weighted by Crippen LogP contribution is 2.37. The minimum Gasteiger partial charge on any atom is -0.497 e. The van der Waals surface area contributed by atoms with Gasteiger partial charge in [0.05, 0.1) is 14.2 Å². The number of fused-ring (bicyclic) bond motifs is 1. The van der Waals surface area contributed by atoms with Crippen LogP contribution in [0.4, 0.5) is 5.95 Å². The van der Waals surface area contributed by atoms with Gasteiger partial charge < -0.3 is 14.8 Å². The van der Waals surface area contributed by atoms with E-state index in [1.807, 2.05) is 41.1 Å². The number of rotatable bonds is 4. The van der Waals surface area contributed by atoms with E-state index >= 15 is 0 Å². The zero-order valence-electron chi connectivity index (χ0n) is 14.9. The van der Waals surface area contributed by atoms with Crippen LogP contribution in [0.25, 0.3) is 5.70 Å². The average molecular weight is 348 g/mol. The Morgan fingerprint density at radius 1 is 0.923 bits per heavy atom. The van der Waals surface area contributed by atoms with Crippen LogP contribution < -0.4 is 14.8 Å². The Hall–Kier alpha value is -3.28. The third-order valence-electron chi connectivity index (χ3n) is 4.74. The van der Waals surface area contributed by atoms with Gasteiger partial charge in [0.25, 0.3) is 0 Å². The molecule has 3 aromatic rings. The van der Waals surface area contributed by atoms with E-state index in [0.29, 0.717) is 5.95 Å². The molecule has 0 saturated carbocycles. The number of nitrogens with one attached hydrogen (secondary N) is 1. The van der Waals surface area contributed by atoms with E-state index in [9.17, 15) is 0 Å². The lowest BCUT2D eigenvalue weighted by atomic mass is 9.88. The van der Waals surface area contributed by atoms with Crippen molar-refractivity contribution in [2.45, 2.75) is 12.5 Å². The predicted octanol–water partition coefficient (Wildman–Crippen LogP) is 3.53. The van der Waals surface area contributed by atoms with Gasteiger partial charge in [0.1, 0.15) is 23.4 Å². The van der Waals surface area contributed by atoms with Crippen molar-refractivity contribution in [3.05, 3.63) is 72.1 Å². The Kier molecular flexibility index (Phi) is 3.88. The molecule has 0 aliphatic carbocycles. The van der Waals surface area contributed by atoms with Crippen molar-refractivity contribution in [1.82, 2.24) is 14.8 Å². The zero-order chi connectivity index (χ0) is 18.1. The molecule has 1 unspecified atom stereocenters. The van der Waals surface area contributed by atoms with Gasteiger partial charge in [0.2, 0.25) is 5.95 Å². The maximum atomic E-state index is 5.28. The third-order valence-corrected chi connectivity index (χ3v) is 4.74. The summed E-state index contributed by atoms with van der Waals surface area (Å²) in [6, 6.07) is 16.0. The van der Waals surface area contributed by atoms with Gasteiger partial charge in [-0.1, -0.05) is 12.1 Å². The molecule has 1 aliphatic heterocycles. The molecule has 0 fully saturated rings. The highest BCUT2D eigenvalue weighted by Gasteiger charge is 2.34. The lowest BCUT2D eigenvalue weighted by molar-refractivity contribution is 0.412. The topological polar surface area (TPSA) is 61.2 Å². The predicted molar refractivity (Wildman–Crippen MR) is 100 cm³/mol. The Morgan fingerprint density at radius 3 is 2.15 bits per heavy atom. The van der Waals surface area contributed by atoms with E-state index in [1.165, 1.54) is 0 Å². The fourth-order valence-corrected chi connectivity index (χ4v) is 3.23. The second kappa shape index (κ2) is 6.22. The van der Waals surface area contributed by atoms with Crippen LogP contribution in [0.3, 0.4) is 0 Å². The number of ether oxygens (including phenoxy) is 2. The van der Waals surface area contributed by atoms with Crippen LogP contribution in [-0.2, 0) is 5.54 Å². The molecule has 0 spiro atoms. The first-order valence-electron chi connectivity index (χ1n) is 8.33. The molecule has 1 N–H and O–H groups in total. The summed E-state index contributed by atoms with van der Waals surface area (Å²) in [5.41, 5.74) is 2.65. The first kappa shape index (κ1) is 16.2. The van der Waals surface area contributed by atoms with Crippen LogP contribution in [0.2, 0.25) is 0 Å². The number of benzene rings is 2. The van der Waals surface area contributed by atoms with Crippen molar-refractivity contribution in [3.8, 4) is 11.5 Å². The molecule has 0 bridgehead atoms. The molecule has 1 atom stereocenters. The van der Waals surface area contributed by atoms with Crippen LogP contribution in [0.1, 0.15) is 18.1 Å². The van der Waals surface area contributed by atoms with Gasteiger partial charge >= 0.3 is 0 Å². The molecular weight excluding hydrogens is 328 g/mol. The minimum absolute atomic E-state index is 0.474. The fraction of sp³-hybridized carbons (Fsp3) is 0.200. The summed E-state index contributed by atoms with van der Waals surface area (Å²) in [5.74, 6) is 2.35. The molecular formula is C20H20N4O2. The largest absolute Gasteiger partial charge is 0.497 e. The third kappa shape index (κ3) is 2.60. The molecule has 6 heteroatoms. The summed E-state index contributed by atoms with van der Waals surface area (Å²) in [6.07, 6.45) is 3.73. The van der Waals surface area contributed by atoms with Gasteiger partial charge in [-0.25, -0.2) is 4.68 Å². The van der Waals surface area contributed by atoms with E-state index in [1.54, 1.807) is 20.5 Å². The minimum atomic E-state index is -0.474. The summed E-state index contributed by atoms with van der Waals surface area (Å²) in [6.45, 7) is 2.12. The van der Waals surface area contributed by atoms with E-state index in [2.05, 4.69) is 40.5 Å². The number of aromatic nitrogens is 3. The number of hydrogen-bond acceptors (Lipinski definition) is 5. The lowest BCUT2D eigenvalue weighted by Gasteiger charge is -2.33. The molecule has 1 aromatic heterocycles. The van der Waals surface area contributed by atoms with Crippen LogP contribution in [-0.4, -0.2) is 29.0 Å². The highest BCUT2D eigenvalue weighted by molar-refractivity contribution is 5.78. The van der Waals surface area contributed by atoms with Crippen LogP contribution >= 0.6 is 0 Å². The number of methoxy groups -OCH3 is 2. The van der Waals surface area contributed by atoms with E-state index in [-0.39, 0.29) is 0 Å². The molecule has 0 radical (unpaired) electrons. The van der Waals surface area contributed by atoms with Crippen molar-refractivity contribution in [2.75, 3.05) is 19.5 Å². The summed E-state index contributed by atoms with van der Waals surface area (Å²) in [4.78, 5) is 4.37. The second-order valence-corrected chi connectivity index (χ2v) is 6.28. The maximum Gasteiger partial charge on any atom is 0.226 e. The fourth-order valence-electron chi connectivity index (χ4n) is 3.23. The molecule has 0 saturated heterocycles. The first-order valence-corrected chi connectivity index (χ1v) is 8.33. The monoisotopic (exact) mass is 348 g/mol. The van der Waals surface area contributed by atoms with Gasteiger partial charge in [-0.05, 0) is 60.5 Å². The number of anilines is 1. The van der Waals surface area contributed by atoms with E-state index < -0.39 is 5.54 Å². The standard InChI is InChI=1S/C20H20N4O2/c1-20(15-6-10-17(26-3)11-7-15)12-18(23-19-21-13-22-24(19)20)14-4-8-16(25-2)9-5-14/h4-13H,1-3H3,(H,21,22,23). The van der Waals surface area contributed by atoms with Gasteiger partial charge in [0.15, 0.2) is 0 Å². The van der Waals surface area contributed by atoms with Crippen molar-refractivity contribution in [1.29, 1.82) is 0 Å². The summed E-state index contributed by atoms with van der Waals surface area (Å²) < 4.78 is 12.4. The summed E-state index contributed by atoms with van der Waals surface area (Å²) in [7, 11) is 3.33. The Bertz CT molecular complexity index is 945. The van der Waals surface area contributed by atoms with E-state index in [0.717, 1.165) is 28.3 Å². The number of hydrogen-bond donors (Lipinski definition) is 1. The molecule has 2 heterocycles. The normalized spacial score (nSPS) is 18.5. The van der Waals surface area contributed by atoms with Crippen molar-refractivity contribution >= 4 is 11.6 Å². The van der Waals surface area contributed by atoms with Crippen molar-refractivity contribution < 1.29 is 9.47 Å². The molecule has 132 valence electrons. The average Bonchev–Trinajstić information content (AvgIpc) is 3.18. The van der Waals surface area contributed by atoms with Crippen LogP contribution in [0.5, 0.6) is 11.5 Å². The number of allylic oxidation sites excluding steroid dienone is 1. The van der Waals surface area contributed by atoms with Gasteiger partial charge in [-0.2, -0.15) is 10.1 Å². The lowest BCUT2D eigenvalue weighted by Crippen LogP contribution is -2.35. The van der Waals surface area contributed by atoms with Gasteiger partial charge in [0, 0.05) is 5.70 Å². The quantitative estimate of drug-likeness (QED) is 0.782. The zero-order valence-corrected chi connectivity index (χ0v) is 14.9. The van der Waals surface area contributed by atoms with Gasteiger partial charge in [-0.3, -0.25) is 0 Å². The Labute approximate surface area is 152 Å². The molecule has 0 amide bonds. The molecule has 1 aliphatic rings. The maximum absolute atomic E-state index is 5.28. The number of nitrogens with zero attached hydrogens (tertiary/aromatic N) is 3. The van der Waals surface area contributed by atoms with Crippen molar-refractivity contribution in [3.63, 3.8) is 0 Å². The molecule has 6 nitrogen and oxygen atoms in total. The Balaban J connectivity index is 1.81. The van der Waals surface area contributed by atoms with Crippen LogP contribution in [0.15, 0.2) is 60.9 Å². The summed E-state index contributed by atoms with van der Waals surface area (Å²) >= 11 is 0. The molecule has 2 aromatic carbocycles. The highest BCUT2D eigenvalue weighted by atomic mass is 16.5. The van der Waals surface area contributed by atoms with Crippen molar-refractivity contribution in [2.24, 2.45) is 0 Å². The Morgan fingerprint density at radius 2 is 1.54 bits per heavy atom. The van der Waals surface area contributed by atoms with Crippen LogP contribution in [0, 0.1) is 0 Å². The van der Waals surface area contributed by atoms with E-state index in [4.69, 9.17) is 9.47 Å². The molecule has 4 rings (SSSR count). The second-order valence-electron chi connectivity index (χ2n) is 6.28. The smallest absolute Gasteiger partial charge is 0.226 e. The van der Waals surface area contributed by atoms with Gasteiger partial charge in [-0.15, -0.1) is 0 Å². The summed E-state index contributed by atoms with van der Waals surface area (Å²) in [5, 5.41) is 7.79. The first-order chi connectivity index (χ1) is 12.6. The SMILES string of the molecule is COc1ccc(C2=CC(C)(c3ccc(OC)cc3)n3ncnc3N2)cc1.